The lowest BCUT2D eigenvalue weighted by atomic mass is 9.87. The molecule has 0 aliphatic heterocycles. The van der Waals surface area contributed by atoms with Crippen LogP contribution in [0.15, 0.2) is 54.7 Å². The molecule has 1 heterocycles. The van der Waals surface area contributed by atoms with Crippen LogP contribution in [0.1, 0.15) is 31.9 Å². The molecule has 0 spiro atoms. The van der Waals surface area contributed by atoms with Gasteiger partial charge in [0.25, 0.3) is 0 Å². The van der Waals surface area contributed by atoms with Crippen molar-refractivity contribution in [3.05, 3.63) is 65.9 Å². The molecule has 3 rings (SSSR count). The Labute approximate surface area is 147 Å². The minimum atomic E-state index is 0.171. The quantitative estimate of drug-likeness (QED) is 0.710. The maximum absolute atomic E-state index is 5.37. The van der Waals surface area contributed by atoms with Gasteiger partial charge in [-0.1, -0.05) is 63.2 Å². The van der Waals surface area contributed by atoms with E-state index in [2.05, 4.69) is 60.9 Å². The molecule has 1 aromatic heterocycles. The number of hydrogen-bond acceptors (Lipinski definition) is 2. The SMILES string of the molecule is CC(C)(C)c1ccc(CNC(=S)Nn2ncc3ccccc32)cc1. The molecule has 124 valence electrons. The summed E-state index contributed by atoms with van der Waals surface area (Å²) in [5.41, 5.74) is 6.78. The first kappa shape index (κ1) is 16.5. The molecule has 5 heteroatoms. The number of nitrogens with zero attached hydrogens (tertiary/aromatic N) is 2. The second-order valence-electron chi connectivity index (χ2n) is 6.86. The Morgan fingerprint density at radius 2 is 1.79 bits per heavy atom. The Bertz CT molecular complexity index is 844. The zero-order chi connectivity index (χ0) is 17.2. The van der Waals surface area contributed by atoms with Gasteiger partial charge in [-0.05, 0) is 34.8 Å². The van der Waals surface area contributed by atoms with Gasteiger partial charge >= 0.3 is 0 Å². The van der Waals surface area contributed by atoms with Crippen LogP contribution in [0.4, 0.5) is 0 Å². The molecule has 0 unspecified atom stereocenters. The third-order valence-corrected chi connectivity index (χ3v) is 4.19. The van der Waals surface area contributed by atoms with E-state index in [4.69, 9.17) is 12.2 Å². The zero-order valence-corrected chi connectivity index (χ0v) is 15.0. The molecule has 0 radical (unpaired) electrons. The van der Waals surface area contributed by atoms with E-state index in [9.17, 15) is 0 Å². The molecule has 2 aromatic carbocycles. The molecular formula is C19H22N4S. The molecule has 0 aliphatic carbocycles. The predicted molar refractivity (Wildman–Crippen MR) is 104 cm³/mol. The first-order valence-corrected chi connectivity index (χ1v) is 8.41. The number of thiocarbonyl (C=S) groups is 1. The average Bonchev–Trinajstić information content (AvgIpc) is 2.96. The van der Waals surface area contributed by atoms with Crippen LogP contribution < -0.4 is 10.7 Å². The van der Waals surface area contributed by atoms with Crippen LogP contribution in [0, 0.1) is 0 Å². The van der Waals surface area contributed by atoms with Crippen LogP contribution in [0.2, 0.25) is 0 Å². The molecule has 0 saturated heterocycles. The Hall–Kier alpha value is -2.40. The highest BCUT2D eigenvalue weighted by molar-refractivity contribution is 7.80. The molecular weight excluding hydrogens is 316 g/mol. The average molecular weight is 338 g/mol. The molecule has 2 N–H and O–H groups in total. The lowest BCUT2D eigenvalue weighted by Gasteiger charge is -2.19. The van der Waals surface area contributed by atoms with E-state index in [0.717, 1.165) is 10.9 Å². The Morgan fingerprint density at radius 3 is 2.50 bits per heavy atom. The maximum Gasteiger partial charge on any atom is 0.187 e. The van der Waals surface area contributed by atoms with Crippen LogP contribution in [0.25, 0.3) is 10.9 Å². The number of rotatable bonds is 3. The highest BCUT2D eigenvalue weighted by atomic mass is 32.1. The summed E-state index contributed by atoms with van der Waals surface area (Å²) >= 11 is 5.37. The van der Waals surface area contributed by atoms with Crippen LogP contribution in [0.5, 0.6) is 0 Å². The largest absolute Gasteiger partial charge is 0.357 e. The molecule has 3 aromatic rings. The fourth-order valence-corrected chi connectivity index (χ4v) is 2.66. The molecule has 0 amide bonds. The van der Waals surface area contributed by atoms with Gasteiger partial charge in [0.1, 0.15) is 0 Å². The molecule has 0 bridgehead atoms. The van der Waals surface area contributed by atoms with Crippen molar-refractivity contribution in [3.8, 4) is 0 Å². The standard InChI is InChI=1S/C19H22N4S/c1-19(2,3)16-10-8-14(9-11-16)12-20-18(24)22-23-17-7-5-4-6-15(17)13-21-23/h4-11,13H,12H2,1-3H3,(H2,20,22,24). The van der Waals surface area contributed by atoms with Crippen molar-refractivity contribution in [1.29, 1.82) is 0 Å². The van der Waals surface area contributed by atoms with Gasteiger partial charge in [-0.2, -0.15) is 9.89 Å². The summed E-state index contributed by atoms with van der Waals surface area (Å²) in [4.78, 5) is 1.69. The summed E-state index contributed by atoms with van der Waals surface area (Å²) in [6.07, 6.45) is 1.82. The fraction of sp³-hybridized carbons (Fsp3) is 0.263. The lowest BCUT2D eigenvalue weighted by Crippen LogP contribution is -2.34. The second-order valence-corrected chi connectivity index (χ2v) is 7.26. The van der Waals surface area contributed by atoms with E-state index in [1.54, 1.807) is 4.79 Å². The van der Waals surface area contributed by atoms with Crippen LogP contribution >= 0.6 is 12.2 Å². The van der Waals surface area contributed by atoms with Crippen molar-refractivity contribution in [1.82, 2.24) is 15.2 Å². The number of para-hydroxylation sites is 1. The molecule has 0 atom stereocenters. The topological polar surface area (TPSA) is 41.9 Å². The summed E-state index contributed by atoms with van der Waals surface area (Å²) in [6.45, 7) is 7.32. The monoisotopic (exact) mass is 338 g/mol. The van der Waals surface area contributed by atoms with E-state index in [1.165, 1.54) is 11.1 Å². The summed E-state index contributed by atoms with van der Waals surface area (Å²) in [5, 5.41) is 9.15. The fourth-order valence-electron chi connectivity index (χ4n) is 2.50. The van der Waals surface area contributed by atoms with Crippen LogP contribution in [-0.2, 0) is 12.0 Å². The number of aromatic nitrogens is 2. The number of nitrogens with one attached hydrogen (secondary N) is 2. The normalized spacial score (nSPS) is 11.5. The van der Waals surface area contributed by atoms with Gasteiger partial charge < -0.3 is 5.32 Å². The first-order valence-electron chi connectivity index (χ1n) is 8.00. The van der Waals surface area contributed by atoms with Crippen molar-refractivity contribution in [2.45, 2.75) is 32.7 Å². The van der Waals surface area contributed by atoms with Gasteiger partial charge in [0.15, 0.2) is 5.11 Å². The van der Waals surface area contributed by atoms with E-state index in [1.807, 2.05) is 30.5 Å². The Balaban J connectivity index is 1.59. The molecule has 4 nitrogen and oxygen atoms in total. The van der Waals surface area contributed by atoms with E-state index in [0.29, 0.717) is 11.7 Å². The van der Waals surface area contributed by atoms with Crippen molar-refractivity contribution in [2.75, 3.05) is 5.43 Å². The second kappa shape index (κ2) is 6.61. The van der Waals surface area contributed by atoms with Crippen LogP contribution in [0.3, 0.4) is 0 Å². The first-order chi connectivity index (χ1) is 11.4. The van der Waals surface area contributed by atoms with Crippen molar-refractivity contribution in [2.24, 2.45) is 0 Å². The minimum Gasteiger partial charge on any atom is -0.357 e. The molecule has 24 heavy (non-hydrogen) atoms. The predicted octanol–water partition coefficient (Wildman–Crippen LogP) is 3.95. The summed E-state index contributed by atoms with van der Waals surface area (Å²) in [7, 11) is 0. The van der Waals surface area contributed by atoms with Gasteiger partial charge in [-0.25, -0.2) is 0 Å². The minimum absolute atomic E-state index is 0.171. The summed E-state index contributed by atoms with van der Waals surface area (Å²) < 4.78 is 0. The Kier molecular flexibility index (Phi) is 4.53. The van der Waals surface area contributed by atoms with E-state index < -0.39 is 0 Å². The zero-order valence-electron chi connectivity index (χ0n) is 14.2. The smallest absolute Gasteiger partial charge is 0.187 e. The van der Waals surface area contributed by atoms with Crippen molar-refractivity contribution >= 4 is 28.2 Å². The van der Waals surface area contributed by atoms with E-state index >= 15 is 0 Å². The van der Waals surface area contributed by atoms with E-state index in [-0.39, 0.29) is 5.41 Å². The summed E-state index contributed by atoms with van der Waals surface area (Å²) in [5.74, 6) is 0. The number of fused-ring (bicyclic) bond motifs is 1. The molecule has 0 fully saturated rings. The van der Waals surface area contributed by atoms with Gasteiger partial charge in [0.05, 0.1) is 11.7 Å². The number of hydrogen-bond donors (Lipinski definition) is 2. The highest BCUT2D eigenvalue weighted by Crippen LogP contribution is 2.22. The van der Waals surface area contributed by atoms with Crippen molar-refractivity contribution < 1.29 is 0 Å². The highest BCUT2D eigenvalue weighted by Gasteiger charge is 2.12. The van der Waals surface area contributed by atoms with Gasteiger partial charge in [-0.3, -0.25) is 5.43 Å². The third-order valence-electron chi connectivity index (χ3n) is 3.96. The van der Waals surface area contributed by atoms with Gasteiger partial charge in [-0.15, -0.1) is 0 Å². The number of benzene rings is 2. The molecule has 0 aliphatic rings. The third kappa shape index (κ3) is 3.74. The van der Waals surface area contributed by atoms with Gasteiger partial charge in [0.2, 0.25) is 0 Å². The Morgan fingerprint density at radius 1 is 1.08 bits per heavy atom. The van der Waals surface area contributed by atoms with Crippen molar-refractivity contribution in [3.63, 3.8) is 0 Å². The lowest BCUT2D eigenvalue weighted by molar-refractivity contribution is 0.590. The van der Waals surface area contributed by atoms with Crippen LogP contribution in [-0.4, -0.2) is 15.0 Å². The maximum atomic E-state index is 5.37. The van der Waals surface area contributed by atoms with Gasteiger partial charge in [0, 0.05) is 11.9 Å². The molecule has 0 saturated carbocycles. The summed E-state index contributed by atoms with van der Waals surface area (Å²) in [6, 6.07) is 16.6.